The summed E-state index contributed by atoms with van der Waals surface area (Å²) >= 11 is 1.39. The lowest BCUT2D eigenvalue weighted by Crippen LogP contribution is -2.23. The van der Waals surface area contributed by atoms with Crippen LogP contribution in [0.1, 0.15) is 11.1 Å². The van der Waals surface area contributed by atoms with Gasteiger partial charge in [0.2, 0.25) is 0 Å². The van der Waals surface area contributed by atoms with Crippen molar-refractivity contribution in [3.8, 4) is 5.75 Å². The molecule has 3 rings (SSSR count). The molecule has 1 fully saturated rings. The van der Waals surface area contributed by atoms with E-state index in [9.17, 15) is 4.79 Å². The first-order chi connectivity index (χ1) is 11.6. The molecule has 24 heavy (non-hydrogen) atoms. The Morgan fingerprint density at radius 2 is 1.92 bits per heavy atom. The normalized spacial score (nSPS) is 17.8. The standard InChI is InChI=1S/C19H18N2O2S/c1-13-11-16(23-3)10-9-14(13)12-17-18(22)21(2)19(24-17)20-15-7-5-4-6-8-15/h4-12H,1-3H3/b17-12-,20-19?. The van der Waals surface area contributed by atoms with Crippen molar-refractivity contribution in [1.82, 2.24) is 4.90 Å². The van der Waals surface area contributed by atoms with Crippen LogP contribution in [0, 0.1) is 6.92 Å². The zero-order chi connectivity index (χ0) is 17.1. The number of benzene rings is 2. The van der Waals surface area contributed by atoms with Crippen molar-refractivity contribution in [3.05, 3.63) is 64.6 Å². The van der Waals surface area contributed by atoms with Gasteiger partial charge in [-0.3, -0.25) is 9.69 Å². The molecular weight excluding hydrogens is 320 g/mol. The molecule has 0 atom stereocenters. The smallest absolute Gasteiger partial charge is 0.266 e. The fourth-order valence-corrected chi connectivity index (χ4v) is 3.32. The molecule has 1 amide bonds. The van der Waals surface area contributed by atoms with Gasteiger partial charge in [-0.25, -0.2) is 4.99 Å². The summed E-state index contributed by atoms with van der Waals surface area (Å²) in [6.45, 7) is 2.00. The number of rotatable bonds is 3. The molecule has 0 N–H and O–H groups in total. The molecule has 0 aromatic heterocycles. The van der Waals surface area contributed by atoms with Crippen molar-refractivity contribution in [1.29, 1.82) is 0 Å². The van der Waals surface area contributed by atoms with E-state index in [-0.39, 0.29) is 5.91 Å². The molecule has 5 heteroatoms. The zero-order valence-electron chi connectivity index (χ0n) is 13.8. The van der Waals surface area contributed by atoms with E-state index in [2.05, 4.69) is 4.99 Å². The maximum Gasteiger partial charge on any atom is 0.266 e. The van der Waals surface area contributed by atoms with E-state index in [1.165, 1.54) is 11.8 Å². The first kappa shape index (κ1) is 16.3. The summed E-state index contributed by atoms with van der Waals surface area (Å²) in [7, 11) is 3.39. The summed E-state index contributed by atoms with van der Waals surface area (Å²) < 4.78 is 5.22. The van der Waals surface area contributed by atoms with Crippen LogP contribution in [0.4, 0.5) is 5.69 Å². The topological polar surface area (TPSA) is 41.9 Å². The molecule has 2 aromatic carbocycles. The molecule has 4 nitrogen and oxygen atoms in total. The average molecular weight is 338 g/mol. The Bertz CT molecular complexity index is 829. The maximum absolute atomic E-state index is 12.5. The molecule has 0 saturated carbocycles. The molecule has 0 unspecified atom stereocenters. The van der Waals surface area contributed by atoms with E-state index in [0.717, 1.165) is 22.6 Å². The van der Waals surface area contributed by atoms with Gasteiger partial charge in [0, 0.05) is 7.05 Å². The highest BCUT2D eigenvalue weighted by atomic mass is 32.2. The van der Waals surface area contributed by atoms with E-state index in [0.29, 0.717) is 10.1 Å². The summed E-state index contributed by atoms with van der Waals surface area (Å²) in [6.07, 6.45) is 1.91. The SMILES string of the molecule is COc1ccc(/C=C2\SC(=Nc3ccccc3)N(C)C2=O)c(C)c1. The maximum atomic E-state index is 12.5. The number of amides is 1. The van der Waals surface area contributed by atoms with Gasteiger partial charge in [0.25, 0.3) is 5.91 Å². The molecule has 0 aliphatic carbocycles. The number of aryl methyl sites for hydroxylation is 1. The van der Waals surface area contributed by atoms with Crippen LogP contribution in [0.25, 0.3) is 6.08 Å². The first-order valence-corrected chi connectivity index (χ1v) is 8.36. The third-order valence-electron chi connectivity index (χ3n) is 3.75. The quantitative estimate of drug-likeness (QED) is 0.786. The van der Waals surface area contributed by atoms with Crippen LogP contribution < -0.4 is 4.74 Å². The first-order valence-electron chi connectivity index (χ1n) is 7.54. The van der Waals surface area contributed by atoms with Crippen molar-refractivity contribution in [2.45, 2.75) is 6.92 Å². The summed E-state index contributed by atoms with van der Waals surface area (Å²) in [5, 5.41) is 0.684. The Morgan fingerprint density at radius 1 is 1.17 bits per heavy atom. The number of carbonyl (C=O) groups is 1. The highest BCUT2D eigenvalue weighted by Gasteiger charge is 2.30. The Balaban J connectivity index is 1.90. The van der Waals surface area contributed by atoms with Gasteiger partial charge in [0.15, 0.2) is 5.17 Å². The van der Waals surface area contributed by atoms with Gasteiger partial charge in [-0.15, -0.1) is 0 Å². The summed E-state index contributed by atoms with van der Waals surface area (Å²) in [6, 6.07) is 15.4. The van der Waals surface area contributed by atoms with E-state index >= 15 is 0 Å². The minimum absolute atomic E-state index is 0.0371. The zero-order valence-corrected chi connectivity index (χ0v) is 14.6. The van der Waals surface area contributed by atoms with Gasteiger partial charge in [0.05, 0.1) is 17.7 Å². The highest BCUT2D eigenvalue weighted by molar-refractivity contribution is 8.18. The lowest BCUT2D eigenvalue weighted by Gasteiger charge is -2.07. The van der Waals surface area contributed by atoms with Crippen molar-refractivity contribution < 1.29 is 9.53 Å². The molecule has 1 aliphatic rings. The van der Waals surface area contributed by atoms with Crippen LogP contribution in [0.3, 0.4) is 0 Å². The van der Waals surface area contributed by atoms with E-state index in [1.807, 2.05) is 61.5 Å². The lowest BCUT2D eigenvalue weighted by molar-refractivity contribution is -0.121. The molecule has 2 aromatic rings. The molecule has 0 radical (unpaired) electrons. The molecule has 0 bridgehead atoms. The third-order valence-corrected chi connectivity index (χ3v) is 4.81. The predicted octanol–water partition coefficient (Wildman–Crippen LogP) is 4.24. The molecule has 0 spiro atoms. The van der Waals surface area contributed by atoms with Gasteiger partial charge in [-0.2, -0.15) is 0 Å². The van der Waals surface area contributed by atoms with Crippen molar-refractivity contribution in [2.24, 2.45) is 4.99 Å². The van der Waals surface area contributed by atoms with Gasteiger partial charge in [-0.1, -0.05) is 24.3 Å². The van der Waals surface area contributed by atoms with Crippen LogP contribution in [0.2, 0.25) is 0 Å². The number of nitrogens with zero attached hydrogens (tertiary/aromatic N) is 2. The molecule has 1 heterocycles. The number of thioether (sulfide) groups is 1. The fraction of sp³-hybridized carbons (Fsp3) is 0.158. The third kappa shape index (κ3) is 3.36. The van der Waals surface area contributed by atoms with E-state index in [4.69, 9.17) is 4.74 Å². The van der Waals surface area contributed by atoms with Crippen molar-refractivity contribution in [3.63, 3.8) is 0 Å². The summed E-state index contributed by atoms with van der Waals surface area (Å²) in [4.78, 5) is 19.3. The fourth-order valence-electron chi connectivity index (χ4n) is 2.34. The number of carbonyl (C=O) groups excluding carboxylic acids is 1. The number of methoxy groups -OCH3 is 1. The molecule has 1 saturated heterocycles. The van der Waals surface area contributed by atoms with Gasteiger partial charge in [0.1, 0.15) is 5.75 Å². The minimum atomic E-state index is -0.0371. The Labute approximate surface area is 145 Å². The van der Waals surface area contributed by atoms with Gasteiger partial charge < -0.3 is 4.74 Å². The second kappa shape index (κ2) is 6.93. The number of aliphatic imine (C=N–C) groups is 1. The predicted molar refractivity (Wildman–Crippen MR) is 99.6 cm³/mol. The van der Waals surface area contributed by atoms with Crippen LogP contribution in [0.15, 0.2) is 58.4 Å². The Morgan fingerprint density at radius 3 is 2.58 bits per heavy atom. The number of hydrogen-bond donors (Lipinski definition) is 0. The number of ether oxygens (including phenoxy) is 1. The minimum Gasteiger partial charge on any atom is -0.497 e. The summed E-state index contributed by atoms with van der Waals surface area (Å²) in [5.41, 5.74) is 2.90. The number of para-hydroxylation sites is 1. The number of hydrogen-bond acceptors (Lipinski definition) is 4. The van der Waals surface area contributed by atoms with Crippen LogP contribution in [0.5, 0.6) is 5.75 Å². The molecule has 122 valence electrons. The molecular formula is C19H18N2O2S. The average Bonchev–Trinajstić information content (AvgIpc) is 2.85. The largest absolute Gasteiger partial charge is 0.497 e. The van der Waals surface area contributed by atoms with E-state index in [1.54, 1.807) is 19.1 Å². The molecule has 1 aliphatic heterocycles. The van der Waals surface area contributed by atoms with E-state index < -0.39 is 0 Å². The summed E-state index contributed by atoms with van der Waals surface area (Å²) in [5.74, 6) is 0.772. The van der Waals surface area contributed by atoms with Crippen molar-refractivity contribution in [2.75, 3.05) is 14.2 Å². The lowest BCUT2D eigenvalue weighted by atomic mass is 10.1. The monoisotopic (exact) mass is 338 g/mol. The highest BCUT2D eigenvalue weighted by Crippen LogP contribution is 2.33. The number of likely N-dealkylation sites (N-methyl/N-ethyl adjacent to an activating group) is 1. The van der Waals surface area contributed by atoms with Crippen LogP contribution in [-0.4, -0.2) is 30.1 Å². The van der Waals surface area contributed by atoms with Gasteiger partial charge >= 0.3 is 0 Å². The second-order valence-electron chi connectivity index (χ2n) is 5.43. The van der Waals surface area contributed by atoms with Gasteiger partial charge in [-0.05, 0) is 60.2 Å². The van der Waals surface area contributed by atoms with Crippen LogP contribution in [-0.2, 0) is 4.79 Å². The Hall–Kier alpha value is -2.53. The number of amidine groups is 1. The van der Waals surface area contributed by atoms with Crippen molar-refractivity contribution >= 4 is 34.6 Å². The Kier molecular flexibility index (Phi) is 4.71. The van der Waals surface area contributed by atoms with Crippen LogP contribution >= 0.6 is 11.8 Å². The second-order valence-corrected chi connectivity index (χ2v) is 6.44.